The first kappa shape index (κ1) is 19.7. The van der Waals surface area contributed by atoms with E-state index in [2.05, 4.69) is 13.8 Å². The van der Waals surface area contributed by atoms with Crippen molar-refractivity contribution in [2.24, 2.45) is 0 Å². The van der Waals surface area contributed by atoms with Crippen LogP contribution >= 0.6 is 8.03 Å². The predicted octanol–water partition coefficient (Wildman–Crippen LogP) is 4.91. The van der Waals surface area contributed by atoms with Crippen LogP contribution in [0.1, 0.15) is 65.2 Å². The summed E-state index contributed by atoms with van der Waals surface area (Å²) in [6.07, 6.45) is 10.2. The van der Waals surface area contributed by atoms with Crippen molar-refractivity contribution in [3.05, 3.63) is 0 Å². The van der Waals surface area contributed by atoms with Gasteiger partial charge in [-0.1, -0.05) is 46.0 Å². The molecule has 0 bridgehead atoms. The molecule has 1 atom stereocenters. The molecule has 16 heavy (non-hydrogen) atoms. The maximum Gasteiger partial charge on any atom is 0.508 e. The fourth-order valence-electron chi connectivity index (χ4n) is 1.43. The third-order valence-electron chi connectivity index (χ3n) is 2.43. The van der Waals surface area contributed by atoms with Gasteiger partial charge in [0.2, 0.25) is 0 Å². The molecule has 0 fully saturated rings. The molecule has 1 unspecified atom stereocenters. The monoisotopic (exact) mass is 375 g/mol. The Kier molecular flexibility index (Phi) is 20.3. The summed E-state index contributed by atoms with van der Waals surface area (Å²) in [7, 11) is -1.37. The van der Waals surface area contributed by atoms with Crippen LogP contribution in [-0.4, -0.2) is 12.8 Å². The zero-order valence-electron chi connectivity index (χ0n) is 10.8. The molecule has 2 nitrogen and oxygen atoms in total. The van der Waals surface area contributed by atoms with E-state index < -0.39 is 8.03 Å². The van der Waals surface area contributed by atoms with Crippen molar-refractivity contribution in [3.63, 3.8) is 0 Å². The molecule has 0 aliphatic rings. The zero-order valence-corrected chi connectivity index (χ0v) is 14.9. The number of rotatable bonds is 11. The van der Waals surface area contributed by atoms with Gasteiger partial charge in [-0.15, -0.1) is 4.52 Å². The molecule has 0 aliphatic heterocycles. The van der Waals surface area contributed by atoms with Crippen LogP contribution in [0.3, 0.4) is 0 Å². The van der Waals surface area contributed by atoms with E-state index in [1.165, 1.54) is 38.5 Å². The molecule has 0 N–H and O–H groups in total. The van der Waals surface area contributed by atoms with Crippen LogP contribution in [0.25, 0.3) is 0 Å². The van der Waals surface area contributed by atoms with Crippen LogP contribution in [0, 0.1) is 40.8 Å². The second-order valence-corrected chi connectivity index (χ2v) is 5.38. The Bertz CT molecular complexity index is 154. The van der Waals surface area contributed by atoms with Crippen LogP contribution in [0.5, 0.6) is 0 Å². The molecular formula is C12H26NdO2P+. The van der Waals surface area contributed by atoms with E-state index in [-0.39, 0.29) is 40.8 Å². The summed E-state index contributed by atoms with van der Waals surface area (Å²) < 4.78 is 16.6. The van der Waals surface area contributed by atoms with Crippen molar-refractivity contribution in [1.29, 1.82) is 0 Å². The average molecular weight is 378 g/mol. The summed E-state index contributed by atoms with van der Waals surface area (Å²) in [5, 5.41) is 0. The molecule has 0 aliphatic carbocycles. The van der Waals surface area contributed by atoms with Gasteiger partial charge in [0.05, 0.1) is 0 Å². The molecule has 0 aromatic rings. The first-order chi connectivity index (χ1) is 7.31. The first-order valence-electron chi connectivity index (χ1n) is 6.38. The maximum absolute atomic E-state index is 11.4. The Balaban J connectivity index is 0. The Morgan fingerprint density at radius 3 is 2.00 bits per heavy atom. The third kappa shape index (κ3) is 15.4. The van der Waals surface area contributed by atoms with E-state index in [9.17, 15) is 4.57 Å². The van der Waals surface area contributed by atoms with Crippen LogP contribution < -0.4 is 0 Å². The quantitative estimate of drug-likeness (QED) is 0.378. The van der Waals surface area contributed by atoms with Crippen molar-refractivity contribution < 1.29 is 49.9 Å². The number of unbranched alkanes of at least 4 members (excludes halogenated alkanes) is 6. The predicted molar refractivity (Wildman–Crippen MR) is 66.7 cm³/mol. The summed E-state index contributed by atoms with van der Waals surface area (Å²) in [4.78, 5) is 0. The largest absolute Gasteiger partial charge is 0.508 e. The number of hydrogen-bond donors (Lipinski definition) is 0. The molecule has 0 rings (SSSR count). The zero-order chi connectivity index (χ0) is 11.4. The Labute approximate surface area is 135 Å². The van der Waals surface area contributed by atoms with Gasteiger partial charge in [-0.05, 0) is 23.8 Å². The molecule has 94 valence electrons. The summed E-state index contributed by atoms with van der Waals surface area (Å²) in [5.41, 5.74) is 0. The smallest absolute Gasteiger partial charge is 0.146 e. The SMILES string of the molecule is CCCCCCO[P+](=O)CCCCCC.[Nd]. The average Bonchev–Trinajstić information content (AvgIpc) is 2.24. The van der Waals surface area contributed by atoms with Gasteiger partial charge in [0.15, 0.2) is 6.16 Å². The minimum atomic E-state index is -1.37. The van der Waals surface area contributed by atoms with Gasteiger partial charge >= 0.3 is 8.03 Å². The van der Waals surface area contributed by atoms with Crippen molar-refractivity contribution in [1.82, 2.24) is 0 Å². The minimum absolute atomic E-state index is 0. The van der Waals surface area contributed by atoms with Gasteiger partial charge in [-0.3, -0.25) is 0 Å². The molecular weight excluding hydrogens is 351 g/mol. The summed E-state index contributed by atoms with van der Waals surface area (Å²) >= 11 is 0. The van der Waals surface area contributed by atoms with Gasteiger partial charge in [-0.25, -0.2) is 0 Å². The van der Waals surface area contributed by atoms with Gasteiger partial charge < -0.3 is 0 Å². The summed E-state index contributed by atoms with van der Waals surface area (Å²) in [6.45, 7) is 5.06. The van der Waals surface area contributed by atoms with E-state index in [1.54, 1.807) is 0 Å². The summed E-state index contributed by atoms with van der Waals surface area (Å²) in [5.74, 6) is 0. The molecule has 0 saturated heterocycles. The van der Waals surface area contributed by atoms with Gasteiger partial charge in [-0.2, -0.15) is 0 Å². The van der Waals surface area contributed by atoms with Crippen molar-refractivity contribution in [2.45, 2.75) is 65.2 Å². The molecule has 0 aromatic heterocycles. The van der Waals surface area contributed by atoms with E-state index in [4.69, 9.17) is 4.52 Å². The van der Waals surface area contributed by atoms with E-state index >= 15 is 0 Å². The van der Waals surface area contributed by atoms with Gasteiger partial charge in [0, 0.05) is 40.8 Å². The third-order valence-corrected chi connectivity index (χ3v) is 3.58. The minimum Gasteiger partial charge on any atom is -0.146 e. The van der Waals surface area contributed by atoms with E-state index in [1.807, 2.05) is 0 Å². The normalized spacial score (nSPS) is 11.0. The maximum atomic E-state index is 11.4. The summed E-state index contributed by atoms with van der Waals surface area (Å²) in [6, 6.07) is 0. The molecule has 0 aromatic carbocycles. The van der Waals surface area contributed by atoms with E-state index in [0.29, 0.717) is 6.61 Å². The fourth-order valence-corrected chi connectivity index (χ4v) is 2.37. The fraction of sp³-hybridized carbons (Fsp3) is 1.00. The molecule has 0 radical (unpaired) electrons. The topological polar surface area (TPSA) is 26.3 Å². The van der Waals surface area contributed by atoms with Crippen LogP contribution in [-0.2, 0) is 9.09 Å². The van der Waals surface area contributed by atoms with Crippen molar-refractivity contribution >= 4 is 8.03 Å². The number of hydrogen-bond acceptors (Lipinski definition) is 2. The Morgan fingerprint density at radius 2 is 1.44 bits per heavy atom. The van der Waals surface area contributed by atoms with Gasteiger partial charge in [0.1, 0.15) is 6.61 Å². The molecule has 0 amide bonds. The molecule has 0 heterocycles. The van der Waals surface area contributed by atoms with Crippen LogP contribution in [0.2, 0.25) is 0 Å². The molecule has 0 saturated carbocycles. The first-order valence-corrected chi connectivity index (χ1v) is 7.75. The van der Waals surface area contributed by atoms with Gasteiger partial charge in [0.25, 0.3) is 0 Å². The Morgan fingerprint density at radius 1 is 0.875 bits per heavy atom. The van der Waals surface area contributed by atoms with Crippen LogP contribution in [0.4, 0.5) is 0 Å². The van der Waals surface area contributed by atoms with Crippen LogP contribution in [0.15, 0.2) is 0 Å². The second kappa shape index (κ2) is 16.4. The van der Waals surface area contributed by atoms with Crippen molar-refractivity contribution in [3.8, 4) is 0 Å². The molecule has 0 spiro atoms. The second-order valence-electron chi connectivity index (χ2n) is 4.01. The standard InChI is InChI=1S/C12H26O2P.Nd/c1-3-5-7-9-11-14-15(13)12-10-8-6-4-2;/h3-12H2,1-2H3;/q+1;. The van der Waals surface area contributed by atoms with Crippen molar-refractivity contribution in [2.75, 3.05) is 12.8 Å². The van der Waals surface area contributed by atoms with E-state index in [0.717, 1.165) is 19.0 Å². The molecule has 4 heteroatoms. The Hall–Kier alpha value is 1.41.